The van der Waals surface area contributed by atoms with Gasteiger partial charge >= 0.3 is 0 Å². The van der Waals surface area contributed by atoms with Crippen molar-refractivity contribution in [3.05, 3.63) is 0 Å². The Balaban J connectivity index is 1.99. The molecular formula is C12H20N2O2. The Morgan fingerprint density at radius 3 is 2.56 bits per heavy atom. The maximum absolute atomic E-state index is 12.1. The van der Waals surface area contributed by atoms with Gasteiger partial charge in [-0.2, -0.15) is 0 Å². The van der Waals surface area contributed by atoms with E-state index in [9.17, 15) is 9.59 Å². The van der Waals surface area contributed by atoms with Gasteiger partial charge in [0.1, 0.15) is 6.04 Å². The minimum absolute atomic E-state index is 0.0161. The van der Waals surface area contributed by atoms with E-state index in [0.29, 0.717) is 5.92 Å². The summed E-state index contributed by atoms with van der Waals surface area (Å²) in [7, 11) is 0. The standard InChI is InChI=1S/C12H20N2O2/c1-8(2)11-12(16)14(7-10(15)13-11)6-9-4-3-5-9/h8-9,11H,3-7H2,1-2H3,(H,13,15). The van der Waals surface area contributed by atoms with Gasteiger partial charge in [-0.3, -0.25) is 9.59 Å². The molecule has 0 aromatic rings. The normalized spacial score (nSPS) is 26.9. The molecule has 0 bridgehead atoms. The number of amides is 2. The summed E-state index contributed by atoms with van der Waals surface area (Å²) < 4.78 is 0. The topological polar surface area (TPSA) is 49.4 Å². The molecule has 4 nitrogen and oxygen atoms in total. The first-order valence-corrected chi connectivity index (χ1v) is 6.16. The number of piperazine rings is 1. The molecular weight excluding hydrogens is 204 g/mol. The van der Waals surface area contributed by atoms with E-state index in [0.717, 1.165) is 6.54 Å². The van der Waals surface area contributed by atoms with E-state index >= 15 is 0 Å². The van der Waals surface area contributed by atoms with Crippen LogP contribution in [0.2, 0.25) is 0 Å². The van der Waals surface area contributed by atoms with E-state index in [1.165, 1.54) is 19.3 Å². The monoisotopic (exact) mass is 224 g/mol. The summed E-state index contributed by atoms with van der Waals surface area (Å²) in [6.45, 7) is 4.96. The summed E-state index contributed by atoms with van der Waals surface area (Å²) in [6, 6.07) is -0.318. The second-order valence-electron chi connectivity index (χ2n) is 5.30. The first kappa shape index (κ1) is 11.4. The lowest BCUT2D eigenvalue weighted by atomic mass is 9.84. The van der Waals surface area contributed by atoms with Crippen molar-refractivity contribution in [2.45, 2.75) is 39.2 Å². The van der Waals surface area contributed by atoms with Gasteiger partial charge in [0.25, 0.3) is 0 Å². The Labute approximate surface area is 96.4 Å². The van der Waals surface area contributed by atoms with Crippen LogP contribution in [0.1, 0.15) is 33.1 Å². The van der Waals surface area contributed by atoms with E-state index < -0.39 is 0 Å². The molecule has 1 heterocycles. The average molecular weight is 224 g/mol. The fourth-order valence-electron chi connectivity index (χ4n) is 2.32. The molecule has 1 saturated carbocycles. The number of hydrogen-bond donors (Lipinski definition) is 1. The molecule has 16 heavy (non-hydrogen) atoms. The molecule has 1 aliphatic heterocycles. The number of hydrogen-bond acceptors (Lipinski definition) is 2. The van der Waals surface area contributed by atoms with Gasteiger partial charge in [0.15, 0.2) is 0 Å². The maximum atomic E-state index is 12.1. The fraction of sp³-hybridized carbons (Fsp3) is 0.833. The Kier molecular flexibility index (Phi) is 3.17. The lowest BCUT2D eigenvalue weighted by molar-refractivity contribution is -0.146. The number of nitrogens with one attached hydrogen (secondary N) is 1. The van der Waals surface area contributed by atoms with Crippen LogP contribution in [0.15, 0.2) is 0 Å². The van der Waals surface area contributed by atoms with Crippen LogP contribution in [0.25, 0.3) is 0 Å². The van der Waals surface area contributed by atoms with Crippen LogP contribution in [0, 0.1) is 11.8 Å². The molecule has 90 valence electrons. The van der Waals surface area contributed by atoms with E-state index in [2.05, 4.69) is 5.32 Å². The lowest BCUT2D eigenvalue weighted by Crippen LogP contribution is -2.60. The number of carbonyl (C=O) groups is 2. The quantitative estimate of drug-likeness (QED) is 0.769. The van der Waals surface area contributed by atoms with Crippen molar-refractivity contribution in [3.8, 4) is 0 Å². The zero-order valence-corrected chi connectivity index (χ0v) is 10.0. The van der Waals surface area contributed by atoms with Crippen LogP contribution in [0.3, 0.4) is 0 Å². The molecule has 4 heteroatoms. The predicted molar refractivity (Wildman–Crippen MR) is 60.7 cm³/mol. The van der Waals surface area contributed by atoms with Crippen LogP contribution in [0.5, 0.6) is 0 Å². The second-order valence-corrected chi connectivity index (χ2v) is 5.30. The highest BCUT2D eigenvalue weighted by atomic mass is 16.2. The highest BCUT2D eigenvalue weighted by molar-refractivity contribution is 5.94. The van der Waals surface area contributed by atoms with Gasteiger partial charge in [0.05, 0.1) is 6.54 Å². The molecule has 0 aromatic carbocycles. The van der Waals surface area contributed by atoms with Gasteiger partial charge in [-0.1, -0.05) is 20.3 Å². The highest BCUT2D eigenvalue weighted by Crippen LogP contribution is 2.27. The van der Waals surface area contributed by atoms with Gasteiger partial charge in [0.2, 0.25) is 11.8 Å². The van der Waals surface area contributed by atoms with Crippen molar-refractivity contribution in [3.63, 3.8) is 0 Å². The zero-order valence-electron chi connectivity index (χ0n) is 10.0. The Hall–Kier alpha value is -1.06. The smallest absolute Gasteiger partial charge is 0.245 e. The minimum atomic E-state index is -0.318. The van der Waals surface area contributed by atoms with Crippen molar-refractivity contribution >= 4 is 11.8 Å². The van der Waals surface area contributed by atoms with Gasteiger partial charge in [-0.15, -0.1) is 0 Å². The molecule has 0 spiro atoms. The van der Waals surface area contributed by atoms with Gasteiger partial charge in [-0.25, -0.2) is 0 Å². The van der Waals surface area contributed by atoms with Crippen molar-refractivity contribution < 1.29 is 9.59 Å². The molecule has 2 rings (SSSR count). The molecule has 1 saturated heterocycles. The third-order valence-electron chi connectivity index (χ3n) is 3.60. The lowest BCUT2D eigenvalue weighted by Gasteiger charge is -2.38. The van der Waals surface area contributed by atoms with Gasteiger partial charge < -0.3 is 10.2 Å². The highest BCUT2D eigenvalue weighted by Gasteiger charge is 2.36. The molecule has 2 aliphatic rings. The van der Waals surface area contributed by atoms with Crippen LogP contribution in [-0.4, -0.2) is 35.8 Å². The number of nitrogens with zero attached hydrogens (tertiary/aromatic N) is 1. The van der Waals surface area contributed by atoms with Crippen molar-refractivity contribution in [1.29, 1.82) is 0 Å². The van der Waals surface area contributed by atoms with E-state index in [-0.39, 0.29) is 30.3 Å². The van der Waals surface area contributed by atoms with Crippen LogP contribution in [0.4, 0.5) is 0 Å². The van der Waals surface area contributed by atoms with Crippen LogP contribution in [-0.2, 0) is 9.59 Å². The largest absolute Gasteiger partial charge is 0.343 e. The maximum Gasteiger partial charge on any atom is 0.245 e. The molecule has 1 aliphatic carbocycles. The Bertz CT molecular complexity index is 297. The van der Waals surface area contributed by atoms with E-state index in [1.807, 2.05) is 13.8 Å². The zero-order chi connectivity index (χ0) is 11.7. The fourth-order valence-corrected chi connectivity index (χ4v) is 2.32. The minimum Gasteiger partial charge on any atom is -0.343 e. The number of carbonyl (C=O) groups excluding carboxylic acids is 2. The second kappa shape index (κ2) is 4.44. The predicted octanol–water partition coefficient (Wildman–Crippen LogP) is 0.769. The summed E-state index contributed by atoms with van der Waals surface area (Å²) >= 11 is 0. The number of rotatable bonds is 3. The first-order chi connectivity index (χ1) is 7.58. The summed E-state index contributed by atoms with van der Waals surface area (Å²) in [5, 5.41) is 2.77. The molecule has 0 aromatic heterocycles. The molecule has 2 amide bonds. The molecule has 1 N–H and O–H groups in total. The van der Waals surface area contributed by atoms with Gasteiger partial charge in [-0.05, 0) is 24.7 Å². The SMILES string of the molecule is CC(C)C1NC(=O)CN(CC2CCC2)C1=O. The van der Waals surface area contributed by atoms with Gasteiger partial charge in [0, 0.05) is 6.54 Å². The summed E-state index contributed by atoms with van der Waals surface area (Å²) in [5.41, 5.74) is 0. The van der Waals surface area contributed by atoms with E-state index in [1.54, 1.807) is 4.90 Å². The van der Waals surface area contributed by atoms with Crippen LogP contribution >= 0.6 is 0 Å². The van der Waals surface area contributed by atoms with Crippen molar-refractivity contribution in [1.82, 2.24) is 10.2 Å². The molecule has 0 radical (unpaired) electrons. The van der Waals surface area contributed by atoms with E-state index in [4.69, 9.17) is 0 Å². The van der Waals surface area contributed by atoms with Crippen molar-refractivity contribution in [2.24, 2.45) is 11.8 Å². The summed E-state index contributed by atoms with van der Waals surface area (Å²) in [5.74, 6) is 0.877. The summed E-state index contributed by atoms with van der Waals surface area (Å²) in [6.07, 6.45) is 3.68. The summed E-state index contributed by atoms with van der Waals surface area (Å²) in [4.78, 5) is 25.4. The Morgan fingerprint density at radius 2 is 2.06 bits per heavy atom. The third-order valence-corrected chi connectivity index (χ3v) is 3.60. The average Bonchev–Trinajstić information content (AvgIpc) is 2.15. The molecule has 1 unspecified atom stereocenters. The Morgan fingerprint density at radius 1 is 1.38 bits per heavy atom. The first-order valence-electron chi connectivity index (χ1n) is 6.16. The van der Waals surface area contributed by atoms with Crippen LogP contribution < -0.4 is 5.32 Å². The molecule has 2 fully saturated rings. The van der Waals surface area contributed by atoms with Crippen molar-refractivity contribution in [2.75, 3.05) is 13.1 Å². The third kappa shape index (κ3) is 2.20. The molecule has 1 atom stereocenters.